The van der Waals surface area contributed by atoms with Crippen molar-refractivity contribution < 1.29 is 22.7 Å². The van der Waals surface area contributed by atoms with E-state index in [1.807, 2.05) is 0 Å². The lowest BCUT2D eigenvalue weighted by atomic mass is 9.99. The zero-order valence-corrected chi connectivity index (χ0v) is 14.3. The van der Waals surface area contributed by atoms with Gasteiger partial charge in [0.1, 0.15) is 11.6 Å². The molecule has 10 heteroatoms. The molecule has 2 heterocycles. The van der Waals surface area contributed by atoms with Gasteiger partial charge in [-0.1, -0.05) is 11.6 Å². The van der Waals surface area contributed by atoms with Gasteiger partial charge in [-0.15, -0.1) is 10.2 Å². The van der Waals surface area contributed by atoms with E-state index in [1.54, 1.807) is 24.3 Å². The van der Waals surface area contributed by atoms with E-state index in [0.29, 0.717) is 22.4 Å². The molecule has 0 spiro atoms. The molecule has 0 aliphatic carbocycles. The maximum Gasteiger partial charge on any atom is 0.393 e. The van der Waals surface area contributed by atoms with Gasteiger partial charge in [0, 0.05) is 18.0 Å². The lowest BCUT2D eigenvalue weighted by Gasteiger charge is -2.26. The van der Waals surface area contributed by atoms with Crippen LogP contribution in [-0.4, -0.2) is 33.5 Å². The second-order valence-corrected chi connectivity index (χ2v) is 6.38. The summed E-state index contributed by atoms with van der Waals surface area (Å²) in [6, 6.07) is 6.52. The first-order valence-electron chi connectivity index (χ1n) is 7.95. The van der Waals surface area contributed by atoms with Gasteiger partial charge in [-0.05, 0) is 30.7 Å². The number of nitrogens with zero attached hydrogens (tertiary/aromatic N) is 3. The first-order chi connectivity index (χ1) is 12.3. The molecule has 1 aromatic carbocycles. The van der Waals surface area contributed by atoms with Gasteiger partial charge in [-0.2, -0.15) is 13.2 Å². The Balaban J connectivity index is 1.53. The number of ether oxygens (including phenoxy) is 1. The van der Waals surface area contributed by atoms with E-state index in [9.17, 15) is 18.0 Å². The van der Waals surface area contributed by atoms with Crippen LogP contribution in [0.15, 0.2) is 24.3 Å². The maximum absolute atomic E-state index is 12.9. The van der Waals surface area contributed by atoms with Gasteiger partial charge in [0.2, 0.25) is 0 Å². The summed E-state index contributed by atoms with van der Waals surface area (Å²) >= 11 is 5.76. The number of halogens is 4. The Morgan fingerprint density at radius 3 is 2.73 bits per heavy atom. The Morgan fingerprint density at radius 2 is 2.04 bits per heavy atom. The van der Waals surface area contributed by atoms with Gasteiger partial charge in [-0.25, -0.2) is 0 Å². The molecule has 3 rings (SSSR count). The van der Waals surface area contributed by atoms with Crippen molar-refractivity contribution in [2.45, 2.75) is 32.1 Å². The number of fused-ring (bicyclic) bond motifs is 1. The molecule has 1 atom stereocenters. The predicted octanol–water partition coefficient (Wildman–Crippen LogP) is 2.75. The third-order valence-electron chi connectivity index (χ3n) is 4.11. The average Bonchev–Trinajstić information content (AvgIpc) is 3.01. The monoisotopic (exact) mass is 388 g/mol. The highest BCUT2D eigenvalue weighted by molar-refractivity contribution is 6.30. The number of aromatic nitrogens is 3. The fourth-order valence-corrected chi connectivity index (χ4v) is 2.82. The number of aryl methyl sites for hydroxylation is 1. The molecule has 1 aromatic heterocycles. The first kappa shape index (κ1) is 18.5. The Bertz CT molecular complexity index is 777. The van der Waals surface area contributed by atoms with Gasteiger partial charge in [0.25, 0.3) is 5.91 Å². The average molecular weight is 389 g/mol. The second-order valence-electron chi connectivity index (χ2n) is 5.94. The Labute approximate surface area is 152 Å². The molecule has 1 amide bonds. The summed E-state index contributed by atoms with van der Waals surface area (Å²) in [5, 5.41) is 10.9. The molecule has 0 bridgehead atoms. The van der Waals surface area contributed by atoms with Crippen LogP contribution < -0.4 is 10.1 Å². The van der Waals surface area contributed by atoms with Crippen LogP contribution in [0.3, 0.4) is 0 Å². The third-order valence-corrected chi connectivity index (χ3v) is 4.37. The number of carbonyl (C=O) groups excluding carboxylic acids is 1. The fourth-order valence-electron chi connectivity index (χ4n) is 2.69. The molecular formula is C16H16ClF3N4O2. The Kier molecular flexibility index (Phi) is 5.36. The molecule has 26 heavy (non-hydrogen) atoms. The number of carbonyl (C=O) groups is 1. The van der Waals surface area contributed by atoms with Crippen molar-refractivity contribution in [3.63, 3.8) is 0 Å². The van der Waals surface area contributed by atoms with Crippen LogP contribution in [0, 0.1) is 5.92 Å². The molecule has 0 radical (unpaired) electrons. The van der Waals surface area contributed by atoms with Gasteiger partial charge in [0.15, 0.2) is 12.4 Å². The quantitative estimate of drug-likeness (QED) is 0.855. The summed E-state index contributed by atoms with van der Waals surface area (Å²) in [4.78, 5) is 11.9. The largest absolute Gasteiger partial charge is 0.484 e. The van der Waals surface area contributed by atoms with E-state index in [2.05, 4.69) is 15.5 Å². The van der Waals surface area contributed by atoms with Crippen LogP contribution in [0.4, 0.5) is 13.2 Å². The summed E-state index contributed by atoms with van der Waals surface area (Å²) < 4.78 is 45.5. The minimum absolute atomic E-state index is 0.00290. The summed E-state index contributed by atoms with van der Waals surface area (Å²) in [5.74, 6) is -0.549. The summed E-state index contributed by atoms with van der Waals surface area (Å²) in [6.45, 7) is -0.466. The van der Waals surface area contributed by atoms with Crippen LogP contribution in [0.1, 0.15) is 18.1 Å². The highest BCUT2D eigenvalue weighted by atomic mass is 35.5. The van der Waals surface area contributed by atoms with Crippen LogP contribution in [0.2, 0.25) is 5.02 Å². The van der Waals surface area contributed by atoms with Gasteiger partial charge >= 0.3 is 6.18 Å². The van der Waals surface area contributed by atoms with Gasteiger partial charge in [0.05, 0.1) is 12.5 Å². The van der Waals surface area contributed by atoms with Crippen molar-refractivity contribution in [3.8, 4) is 5.75 Å². The number of hydrogen-bond donors (Lipinski definition) is 1. The van der Waals surface area contributed by atoms with Crippen LogP contribution in [-0.2, 0) is 24.3 Å². The SMILES string of the molecule is O=C(COc1ccc(Cl)cc1)NCc1nnc2n1C[C@H](C(F)(F)F)CC2. The molecule has 2 aromatic rings. The van der Waals surface area contributed by atoms with Crippen molar-refractivity contribution in [2.75, 3.05) is 6.61 Å². The standard InChI is InChI=1S/C16H16ClF3N4O2/c17-11-2-4-12(5-3-11)26-9-15(25)21-7-14-23-22-13-6-1-10(8-24(13)14)16(18,19)20/h2-5,10H,1,6-9H2,(H,21,25)/t10-/m1/s1. The number of rotatable bonds is 5. The molecule has 0 saturated heterocycles. The highest BCUT2D eigenvalue weighted by Crippen LogP contribution is 2.34. The molecule has 1 N–H and O–H groups in total. The van der Waals surface area contributed by atoms with Gasteiger partial charge in [-0.3, -0.25) is 4.79 Å². The maximum atomic E-state index is 12.9. The van der Waals surface area contributed by atoms with Gasteiger partial charge < -0.3 is 14.6 Å². The Hall–Kier alpha value is -2.29. The topological polar surface area (TPSA) is 69.0 Å². The number of amides is 1. The van der Waals surface area contributed by atoms with E-state index in [1.165, 1.54) is 4.57 Å². The Morgan fingerprint density at radius 1 is 1.31 bits per heavy atom. The number of alkyl halides is 3. The molecule has 0 saturated carbocycles. The van der Waals surface area contributed by atoms with Crippen molar-refractivity contribution >= 4 is 17.5 Å². The van der Waals surface area contributed by atoms with E-state index in [4.69, 9.17) is 16.3 Å². The third kappa shape index (κ3) is 4.46. The molecule has 140 valence electrons. The van der Waals surface area contributed by atoms with E-state index < -0.39 is 18.0 Å². The fraction of sp³-hybridized carbons (Fsp3) is 0.438. The second kappa shape index (κ2) is 7.53. The smallest absolute Gasteiger partial charge is 0.393 e. The number of nitrogens with one attached hydrogen (secondary N) is 1. The summed E-state index contributed by atoms with van der Waals surface area (Å²) in [5.41, 5.74) is 0. The summed E-state index contributed by atoms with van der Waals surface area (Å²) in [7, 11) is 0. The lowest BCUT2D eigenvalue weighted by Crippen LogP contribution is -2.34. The molecule has 1 aliphatic rings. The molecule has 6 nitrogen and oxygen atoms in total. The zero-order chi connectivity index (χ0) is 18.7. The molecular weight excluding hydrogens is 373 g/mol. The van der Waals surface area contributed by atoms with Crippen molar-refractivity contribution in [2.24, 2.45) is 5.92 Å². The minimum Gasteiger partial charge on any atom is -0.484 e. The van der Waals surface area contributed by atoms with Crippen molar-refractivity contribution in [1.29, 1.82) is 0 Å². The van der Waals surface area contributed by atoms with Crippen LogP contribution in [0.25, 0.3) is 0 Å². The normalized spacial score (nSPS) is 16.8. The lowest BCUT2D eigenvalue weighted by molar-refractivity contribution is -0.182. The predicted molar refractivity (Wildman–Crippen MR) is 86.7 cm³/mol. The molecule has 0 fully saturated rings. The minimum atomic E-state index is -4.26. The van der Waals surface area contributed by atoms with E-state index >= 15 is 0 Å². The first-order valence-corrected chi connectivity index (χ1v) is 8.33. The van der Waals surface area contributed by atoms with Crippen molar-refractivity contribution in [3.05, 3.63) is 40.9 Å². The van der Waals surface area contributed by atoms with E-state index in [0.717, 1.165) is 0 Å². The summed E-state index contributed by atoms with van der Waals surface area (Å²) in [6.07, 6.45) is -4.04. The van der Waals surface area contributed by atoms with Crippen LogP contribution in [0.5, 0.6) is 5.75 Å². The van der Waals surface area contributed by atoms with E-state index in [-0.39, 0.29) is 32.5 Å². The van der Waals surface area contributed by atoms with Crippen LogP contribution >= 0.6 is 11.6 Å². The number of hydrogen-bond acceptors (Lipinski definition) is 4. The molecule has 1 aliphatic heterocycles. The highest BCUT2D eigenvalue weighted by Gasteiger charge is 2.42. The molecule has 0 unspecified atom stereocenters. The zero-order valence-electron chi connectivity index (χ0n) is 13.6. The van der Waals surface area contributed by atoms with Crippen molar-refractivity contribution in [1.82, 2.24) is 20.1 Å². The number of benzene rings is 1.